The normalized spacial score (nSPS) is 21.3. The van der Waals surface area contributed by atoms with Crippen molar-refractivity contribution in [3.8, 4) is 5.75 Å². The third-order valence-corrected chi connectivity index (χ3v) is 4.53. The monoisotopic (exact) mass is 341 g/mol. The molecule has 0 spiro atoms. The largest absolute Gasteiger partial charge is 0.489 e. The fourth-order valence-electron chi connectivity index (χ4n) is 3.11. The molecule has 1 amide bonds. The molecule has 1 aliphatic carbocycles. The van der Waals surface area contributed by atoms with Gasteiger partial charge in [-0.1, -0.05) is 42.5 Å². The summed E-state index contributed by atoms with van der Waals surface area (Å²) in [6, 6.07) is 16.8. The van der Waals surface area contributed by atoms with Gasteiger partial charge in [-0.3, -0.25) is 14.8 Å². The predicted molar refractivity (Wildman–Crippen MR) is 88.9 cm³/mol. The van der Waals surface area contributed by atoms with Gasteiger partial charge in [0.15, 0.2) is 0 Å². The number of hydroxylamine groups is 1. The first-order valence-corrected chi connectivity index (χ1v) is 7.91. The van der Waals surface area contributed by atoms with Crippen LogP contribution in [0.1, 0.15) is 17.5 Å². The summed E-state index contributed by atoms with van der Waals surface area (Å²) in [5.74, 6) is -1.16. The van der Waals surface area contributed by atoms with Crippen molar-refractivity contribution in [3.63, 3.8) is 0 Å². The van der Waals surface area contributed by atoms with E-state index in [4.69, 9.17) is 14.7 Å². The van der Waals surface area contributed by atoms with E-state index in [9.17, 15) is 9.59 Å². The lowest BCUT2D eigenvalue weighted by Crippen LogP contribution is -2.31. The molecular formula is C19H19NO5. The highest BCUT2D eigenvalue weighted by molar-refractivity contribution is 5.97. The van der Waals surface area contributed by atoms with E-state index in [1.54, 1.807) is 29.7 Å². The molecular weight excluding hydrogens is 322 g/mol. The van der Waals surface area contributed by atoms with Crippen LogP contribution in [0.25, 0.3) is 0 Å². The Bertz CT molecular complexity index is 776. The Kier molecular flexibility index (Phi) is 4.72. The number of ether oxygens (including phenoxy) is 2. The van der Waals surface area contributed by atoms with Crippen LogP contribution in [-0.2, 0) is 26.3 Å². The molecule has 0 radical (unpaired) electrons. The van der Waals surface area contributed by atoms with Crippen molar-refractivity contribution in [3.05, 3.63) is 65.7 Å². The number of hydrogen-bond donors (Lipinski definition) is 2. The zero-order chi connectivity index (χ0) is 17.9. The molecule has 1 fully saturated rings. The van der Waals surface area contributed by atoms with Gasteiger partial charge in [0.05, 0.1) is 13.0 Å². The van der Waals surface area contributed by atoms with Crippen molar-refractivity contribution in [2.45, 2.75) is 18.4 Å². The van der Waals surface area contributed by atoms with E-state index in [0.717, 1.165) is 5.56 Å². The molecule has 2 atom stereocenters. The fourth-order valence-corrected chi connectivity index (χ4v) is 3.11. The van der Waals surface area contributed by atoms with E-state index in [1.165, 1.54) is 7.11 Å². The zero-order valence-corrected chi connectivity index (χ0v) is 13.8. The summed E-state index contributed by atoms with van der Waals surface area (Å²) in [7, 11) is 1.28. The number of amides is 1. The van der Waals surface area contributed by atoms with E-state index in [2.05, 4.69) is 0 Å². The molecule has 0 saturated heterocycles. The summed E-state index contributed by atoms with van der Waals surface area (Å²) in [6.45, 7) is 0.399. The summed E-state index contributed by atoms with van der Waals surface area (Å²) in [5, 5.41) is 8.87. The van der Waals surface area contributed by atoms with Crippen LogP contribution >= 0.6 is 0 Å². The van der Waals surface area contributed by atoms with Gasteiger partial charge in [0.25, 0.3) is 0 Å². The van der Waals surface area contributed by atoms with Gasteiger partial charge in [-0.15, -0.1) is 0 Å². The molecule has 2 N–H and O–H groups in total. The molecule has 0 aromatic heterocycles. The van der Waals surface area contributed by atoms with Crippen LogP contribution in [0.5, 0.6) is 5.75 Å². The van der Waals surface area contributed by atoms with Crippen LogP contribution in [0.2, 0.25) is 0 Å². The highest BCUT2D eigenvalue weighted by atomic mass is 16.5. The summed E-state index contributed by atoms with van der Waals surface area (Å²) in [5.41, 5.74) is 2.20. The Hall–Kier alpha value is -2.86. The van der Waals surface area contributed by atoms with E-state index in [1.807, 2.05) is 30.3 Å². The molecule has 130 valence electrons. The first-order valence-electron chi connectivity index (χ1n) is 7.91. The van der Waals surface area contributed by atoms with Gasteiger partial charge in [0.2, 0.25) is 5.91 Å². The quantitative estimate of drug-likeness (QED) is 0.478. The molecule has 2 aromatic rings. The molecule has 1 saturated carbocycles. The van der Waals surface area contributed by atoms with E-state index in [0.29, 0.717) is 17.9 Å². The topological polar surface area (TPSA) is 84.9 Å². The van der Waals surface area contributed by atoms with Crippen LogP contribution in [0, 0.1) is 5.92 Å². The fraction of sp³-hybridized carbons (Fsp3) is 0.263. The molecule has 25 heavy (non-hydrogen) atoms. The molecule has 2 aromatic carbocycles. The lowest BCUT2D eigenvalue weighted by molar-refractivity contribution is -0.146. The van der Waals surface area contributed by atoms with Gasteiger partial charge in [-0.05, 0) is 29.7 Å². The minimum absolute atomic E-state index is 0.286. The van der Waals surface area contributed by atoms with Crippen LogP contribution in [0.4, 0.5) is 0 Å². The highest BCUT2D eigenvalue weighted by Crippen LogP contribution is 2.55. The Labute approximate surface area is 145 Å². The van der Waals surface area contributed by atoms with Crippen molar-refractivity contribution in [1.82, 2.24) is 5.48 Å². The Morgan fingerprint density at radius 1 is 1.20 bits per heavy atom. The molecule has 1 unspecified atom stereocenters. The Morgan fingerprint density at radius 3 is 2.64 bits per heavy atom. The summed E-state index contributed by atoms with van der Waals surface area (Å²) in [4.78, 5) is 24.1. The number of esters is 1. The van der Waals surface area contributed by atoms with Crippen LogP contribution < -0.4 is 10.2 Å². The molecule has 0 heterocycles. The van der Waals surface area contributed by atoms with E-state index < -0.39 is 23.2 Å². The first-order chi connectivity index (χ1) is 12.1. The summed E-state index contributed by atoms with van der Waals surface area (Å²) in [6.07, 6.45) is 0.286. The van der Waals surface area contributed by atoms with Crippen molar-refractivity contribution in [1.29, 1.82) is 0 Å². The van der Waals surface area contributed by atoms with Crippen molar-refractivity contribution >= 4 is 11.9 Å². The number of carbonyl (C=O) groups is 2. The second-order valence-corrected chi connectivity index (χ2v) is 6.00. The second kappa shape index (κ2) is 6.94. The average molecular weight is 341 g/mol. The molecule has 3 rings (SSSR count). The first kappa shape index (κ1) is 17.0. The minimum Gasteiger partial charge on any atom is -0.489 e. The Morgan fingerprint density at radius 2 is 1.96 bits per heavy atom. The molecule has 6 nitrogen and oxygen atoms in total. The van der Waals surface area contributed by atoms with Gasteiger partial charge in [-0.2, -0.15) is 0 Å². The van der Waals surface area contributed by atoms with Gasteiger partial charge in [0.1, 0.15) is 17.8 Å². The number of hydrogen-bond acceptors (Lipinski definition) is 5. The lowest BCUT2D eigenvalue weighted by Gasteiger charge is -2.16. The van der Waals surface area contributed by atoms with Crippen LogP contribution in [-0.4, -0.2) is 24.2 Å². The van der Waals surface area contributed by atoms with E-state index in [-0.39, 0.29) is 6.42 Å². The number of methoxy groups -OCH3 is 1. The maximum atomic E-state index is 12.3. The molecule has 0 aliphatic heterocycles. The number of benzene rings is 2. The zero-order valence-electron chi connectivity index (χ0n) is 13.8. The molecule has 6 heteroatoms. The standard InChI is InChI=1S/C19H19NO5/c1-24-18(22)19(11-16(19)17(21)20-23)14-8-5-9-15(10-14)25-12-13-6-3-2-4-7-13/h2-10,16,23H,11-12H2,1H3,(H,20,21)/t16?,19-/m1/s1. The maximum Gasteiger partial charge on any atom is 0.317 e. The predicted octanol–water partition coefficient (Wildman–Crippen LogP) is 2.20. The van der Waals surface area contributed by atoms with Crippen LogP contribution in [0.3, 0.4) is 0 Å². The van der Waals surface area contributed by atoms with Crippen molar-refractivity contribution in [2.75, 3.05) is 7.11 Å². The summed E-state index contributed by atoms with van der Waals surface area (Å²) < 4.78 is 10.7. The van der Waals surface area contributed by atoms with Gasteiger partial charge in [-0.25, -0.2) is 5.48 Å². The van der Waals surface area contributed by atoms with Crippen molar-refractivity contribution < 1.29 is 24.3 Å². The highest BCUT2D eigenvalue weighted by Gasteiger charge is 2.65. The third-order valence-electron chi connectivity index (χ3n) is 4.53. The molecule has 1 aliphatic rings. The van der Waals surface area contributed by atoms with E-state index >= 15 is 0 Å². The third kappa shape index (κ3) is 3.21. The Balaban J connectivity index is 1.82. The SMILES string of the molecule is COC(=O)[C@@]1(c2cccc(OCc3ccccc3)c2)CC1C(=O)NO. The molecule has 0 bridgehead atoms. The number of rotatable bonds is 6. The number of carbonyl (C=O) groups excluding carboxylic acids is 2. The van der Waals surface area contributed by atoms with Gasteiger partial charge < -0.3 is 9.47 Å². The second-order valence-electron chi connectivity index (χ2n) is 6.00. The van der Waals surface area contributed by atoms with Gasteiger partial charge in [0, 0.05) is 0 Å². The average Bonchev–Trinajstić information content (AvgIpc) is 3.43. The lowest BCUT2D eigenvalue weighted by atomic mass is 9.92. The maximum absolute atomic E-state index is 12.3. The smallest absolute Gasteiger partial charge is 0.317 e. The summed E-state index contributed by atoms with van der Waals surface area (Å²) >= 11 is 0. The number of nitrogens with one attached hydrogen (secondary N) is 1. The van der Waals surface area contributed by atoms with Crippen molar-refractivity contribution in [2.24, 2.45) is 5.92 Å². The van der Waals surface area contributed by atoms with Gasteiger partial charge >= 0.3 is 5.97 Å². The van der Waals surface area contributed by atoms with Crippen LogP contribution in [0.15, 0.2) is 54.6 Å². The minimum atomic E-state index is -1.08.